The lowest BCUT2D eigenvalue weighted by Gasteiger charge is -2.26. The second-order valence-corrected chi connectivity index (χ2v) is 7.32. The fraction of sp³-hybridized carbons (Fsp3) is 0.308. The molecule has 0 aromatic carbocycles. The van der Waals surface area contributed by atoms with E-state index in [-0.39, 0.29) is 5.04 Å². The number of hydrogen-bond acceptors (Lipinski definition) is 6. The Morgan fingerprint density at radius 2 is 2.20 bits per heavy atom. The molecule has 0 bridgehead atoms. The van der Waals surface area contributed by atoms with Gasteiger partial charge in [-0.1, -0.05) is 18.7 Å². The highest BCUT2D eigenvalue weighted by Crippen LogP contribution is 2.46. The number of allylic oxidation sites excluding steroid dienone is 1. The highest BCUT2D eigenvalue weighted by molar-refractivity contribution is 9.10. The van der Waals surface area contributed by atoms with Crippen LogP contribution in [0.25, 0.3) is 0 Å². The molecule has 0 aliphatic carbocycles. The summed E-state index contributed by atoms with van der Waals surface area (Å²) < 4.78 is 0.984. The summed E-state index contributed by atoms with van der Waals surface area (Å²) in [5.74, 6) is -1.07. The molecule has 1 aliphatic heterocycles. The lowest BCUT2D eigenvalue weighted by Crippen LogP contribution is -2.26. The predicted molar refractivity (Wildman–Crippen MR) is 85.4 cm³/mol. The molecular weight excluding hydrogens is 356 g/mol. The molecule has 7 heteroatoms. The Kier molecular flexibility index (Phi) is 4.54. The van der Waals surface area contributed by atoms with Gasteiger partial charge in [-0.15, -0.1) is 11.3 Å². The van der Waals surface area contributed by atoms with Gasteiger partial charge < -0.3 is 5.73 Å². The Morgan fingerprint density at radius 3 is 2.70 bits per heavy atom. The third-order valence-corrected chi connectivity index (χ3v) is 6.32. The van der Waals surface area contributed by atoms with Gasteiger partial charge in [-0.2, -0.15) is 10.5 Å². The quantitative estimate of drug-likeness (QED) is 0.832. The number of halogens is 1. The van der Waals surface area contributed by atoms with E-state index in [1.807, 2.05) is 6.07 Å². The molecule has 1 aromatic heterocycles. The van der Waals surface area contributed by atoms with Crippen molar-refractivity contribution in [1.82, 2.24) is 0 Å². The van der Waals surface area contributed by atoms with Crippen molar-refractivity contribution in [3.63, 3.8) is 0 Å². The number of nitriles is 2. The average Bonchev–Trinajstić information content (AvgIpc) is 2.79. The van der Waals surface area contributed by atoms with E-state index < -0.39 is 11.8 Å². The third-order valence-electron chi connectivity index (χ3n) is 3.08. The van der Waals surface area contributed by atoms with E-state index in [1.54, 1.807) is 11.3 Å². The fourth-order valence-electron chi connectivity index (χ4n) is 2.09. The Labute approximate surface area is 133 Å². The summed E-state index contributed by atoms with van der Waals surface area (Å²) in [6, 6.07) is 6.19. The first-order chi connectivity index (χ1) is 9.53. The molecule has 3 N–H and O–H groups in total. The lowest BCUT2D eigenvalue weighted by atomic mass is 9.86. The number of nitrogens with one attached hydrogen (secondary N) is 1. The first-order valence-corrected chi connectivity index (χ1v) is 8.29. The molecule has 0 saturated heterocycles. The lowest BCUT2D eigenvalue weighted by molar-refractivity contribution is 0.742. The first-order valence-electron chi connectivity index (χ1n) is 5.87. The summed E-state index contributed by atoms with van der Waals surface area (Å²) in [5, 5.41) is 27.2. The van der Waals surface area contributed by atoms with Crippen molar-refractivity contribution in [2.75, 3.05) is 0 Å². The van der Waals surface area contributed by atoms with E-state index >= 15 is 0 Å². The summed E-state index contributed by atoms with van der Waals surface area (Å²) in [5.41, 5.74) is 6.26. The van der Waals surface area contributed by atoms with Gasteiger partial charge in [-0.05, 0) is 28.4 Å². The molecule has 1 aliphatic rings. The normalized spacial score (nSPS) is 22.5. The SMILES string of the molecule is CCc1sc([C@@H]2C(C#N)=C(N)SC(=N)[C@@H]2C#N)cc1Br. The van der Waals surface area contributed by atoms with E-state index in [9.17, 15) is 10.5 Å². The zero-order valence-electron chi connectivity index (χ0n) is 10.6. The molecule has 2 rings (SSSR count). The van der Waals surface area contributed by atoms with Crippen LogP contribution in [0.15, 0.2) is 21.1 Å². The molecule has 0 unspecified atom stereocenters. The van der Waals surface area contributed by atoms with E-state index in [4.69, 9.17) is 11.1 Å². The van der Waals surface area contributed by atoms with Gasteiger partial charge in [0.1, 0.15) is 5.92 Å². The van der Waals surface area contributed by atoms with Gasteiger partial charge in [0.15, 0.2) is 0 Å². The van der Waals surface area contributed by atoms with Gasteiger partial charge in [0.05, 0.1) is 33.7 Å². The van der Waals surface area contributed by atoms with Gasteiger partial charge in [-0.3, -0.25) is 5.41 Å². The zero-order chi connectivity index (χ0) is 14.9. The van der Waals surface area contributed by atoms with Gasteiger partial charge in [-0.25, -0.2) is 0 Å². The summed E-state index contributed by atoms with van der Waals surface area (Å²) in [6.45, 7) is 2.05. The van der Waals surface area contributed by atoms with Crippen molar-refractivity contribution in [2.24, 2.45) is 11.7 Å². The number of nitrogens with two attached hydrogens (primary N) is 1. The van der Waals surface area contributed by atoms with Crippen molar-refractivity contribution in [2.45, 2.75) is 19.3 Å². The molecule has 0 spiro atoms. The van der Waals surface area contributed by atoms with Crippen LogP contribution in [0.2, 0.25) is 0 Å². The molecule has 0 fully saturated rings. The van der Waals surface area contributed by atoms with Crippen molar-refractivity contribution in [3.8, 4) is 12.1 Å². The molecule has 2 atom stereocenters. The summed E-state index contributed by atoms with van der Waals surface area (Å²) in [6.07, 6.45) is 0.877. The van der Waals surface area contributed by atoms with Crippen LogP contribution in [0.3, 0.4) is 0 Å². The number of rotatable bonds is 2. The second kappa shape index (κ2) is 6.01. The average molecular weight is 367 g/mol. The summed E-state index contributed by atoms with van der Waals surface area (Å²) >= 11 is 6.07. The van der Waals surface area contributed by atoms with E-state index in [1.165, 1.54) is 0 Å². The van der Waals surface area contributed by atoms with Gasteiger partial charge in [0.25, 0.3) is 0 Å². The monoisotopic (exact) mass is 366 g/mol. The zero-order valence-corrected chi connectivity index (χ0v) is 13.8. The Morgan fingerprint density at radius 1 is 1.50 bits per heavy atom. The van der Waals surface area contributed by atoms with Crippen molar-refractivity contribution >= 4 is 44.1 Å². The molecule has 0 amide bonds. The number of hydrogen-bond donors (Lipinski definition) is 2. The Hall–Kier alpha value is -1.28. The van der Waals surface area contributed by atoms with Crippen LogP contribution >= 0.6 is 39.0 Å². The predicted octanol–water partition coefficient (Wildman–Crippen LogP) is 3.71. The molecule has 0 saturated carbocycles. The van der Waals surface area contributed by atoms with Crippen LogP contribution in [0.5, 0.6) is 0 Å². The second-order valence-electron chi connectivity index (χ2n) is 4.21. The van der Waals surface area contributed by atoms with Gasteiger partial charge in [0, 0.05) is 14.2 Å². The highest BCUT2D eigenvalue weighted by Gasteiger charge is 2.38. The molecular formula is C13H11BrN4S2. The standard InChI is InChI=1S/C13H11BrN4S2/c1-2-9-8(14)3-10(19-9)11-6(4-15)12(17)20-13(18)7(11)5-16/h3,6,11,17H,2,18H2,1H3/t6-,11+/m1/s1. The number of thiophene rings is 1. The minimum Gasteiger partial charge on any atom is -0.392 e. The van der Waals surface area contributed by atoms with E-state index in [0.29, 0.717) is 10.6 Å². The first kappa shape index (κ1) is 15.1. The Bertz CT molecular complexity index is 678. The van der Waals surface area contributed by atoms with Crippen LogP contribution in [-0.2, 0) is 6.42 Å². The van der Waals surface area contributed by atoms with Crippen LogP contribution in [0, 0.1) is 34.0 Å². The molecule has 102 valence electrons. The number of aryl methyl sites for hydroxylation is 1. The van der Waals surface area contributed by atoms with Gasteiger partial charge >= 0.3 is 0 Å². The molecule has 20 heavy (non-hydrogen) atoms. The maximum atomic E-state index is 9.34. The molecule has 2 heterocycles. The van der Waals surface area contributed by atoms with Crippen molar-refractivity contribution in [3.05, 3.63) is 30.9 Å². The fourth-order valence-corrected chi connectivity index (χ4v) is 4.99. The topological polar surface area (TPSA) is 97.4 Å². The van der Waals surface area contributed by atoms with Crippen LogP contribution in [0.1, 0.15) is 22.6 Å². The largest absolute Gasteiger partial charge is 0.392 e. The maximum Gasteiger partial charge on any atom is 0.107 e. The van der Waals surface area contributed by atoms with E-state index in [2.05, 4.69) is 35.0 Å². The molecule has 4 nitrogen and oxygen atoms in total. The highest BCUT2D eigenvalue weighted by atomic mass is 79.9. The minimum atomic E-state index is -0.641. The van der Waals surface area contributed by atoms with Crippen LogP contribution < -0.4 is 5.73 Å². The van der Waals surface area contributed by atoms with E-state index in [0.717, 1.165) is 32.4 Å². The summed E-state index contributed by atoms with van der Waals surface area (Å²) in [7, 11) is 0. The minimum absolute atomic E-state index is 0.205. The molecule has 0 radical (unpaired) electrons. The van der Waals surface area contributed by atoms with Crippen LogP contribution in [0.4, 0.5) is 0 Å². The Balaban J connectivity index is 2.59. The van der Waals surface area contributed by atoms with Gasteiger partial charge in [0.2, 0.25) is 0 Å². The molecule has 1 aromatic rings. The van der Waals surface area contributed by atoms with Crippen molar-refractivity contribution in [1.29, 1.82) is 15.9 Å². The third kappa shape index (κ3) is 2.49. The van der Waals surface area contributed by atoms with Crippen LogP contribution in [-0.4, -0.2) is 5.04 Å². The number of nitrogens with zero attached hydrogens (tertiary/aromatic N) is 2. The smallest absolute Gasteiger partial charge is 0.107 e. The maximum absolute atomic E-state index is 9.34. The number of thioether (sulfide) groups is 1. The summed E-state index contributed by atoms with van der Waals surface area (Å²) in [4.78, 5) is 2.07. The van der Waals surface area contributed by atoms with Crippen molar-refractivity contribution < 1.29 is 0 Å².